The number of rotatable bonds is 3. The zero-order chi connectivity index (χ0) is 25.0. The van der Waals surface area contributed by atoms with Crippen LogP contribution in [0.2, 0.25) is 0 Å². The molecule has 1 aromatic heterocycles. The van der Waals surface area contributed by atoms with Gasteiger partial charge >= 0.3 is 12.4 Å². The molecule has 0 N–H and O–H groups in total. The summed E-state index contributed by atoms with van der Waals surface area (Å²) in [7, 11) is 1.54. The van der Waals surface area contributed by atoms with Gasteiger partial charge in [-0.3, -0.25) is 4.90 Å². The number of para-hydroxylation sites is 1. The predicted molar refractivity (Wildman–Crippen MR) is 116 cm³/mol. The first kappa shape index (κ1) is 23.9. The molecule has 4 nitrogen and oxygen atoms in total. The summed E-state index contributed by atoms with van der Waals surface area (Å²) in [6.07, 6.45) is -8.77. The van der Waals surface area contributed by atoms with E-state index in [0.717, 1.165) is 30.5 Å². The standard InChI is InChI=1S/C25H22F6N2O2/c1-34-15-10-8-14(9-11-15)23-33-12-3-2-7-19(33)22(35-23)17-13-20(25(29,30)31)32-21-16(17)5-4-6-18(21)24(26,27)28/h4-6,8-11,13,19,22-23H,2-3,7,12H2,1H3/t19-,22+,23?/m1/s1. The number of aromatic nitrogens is 1. The van der Waals surface area contributed by atoms with Crippen LogP contribution in [0.3, 0.4) is 0 Å². The van der Waals surface area contributed by atoms with Crippen LogP contribution in [0.5, 0.6) is 5.75 Å². The molecule has 0 amide bonds. The number of ether oxygens (including phenoxy) is 2. The Morgan fingerprint density at radius 1 is 0.971 bits per heavy atom. The Morgan fingerprint density at radius 3 is 2.37 bits per heavy atom. The van der Waals surface area contributed by atoms with Gasteiger partial charge in [-0.2, -0.15) is 26.3 Å². The summed E-state index contributed by atoms with van der Waals surface area (Å²) >= 11 is 0. The van der Waals surface area contributed by atoms with E-state index in [4.69, 9.17) is 9.47 Å². The van der Waals surface area contributed by atoms with Crippen LogP contribution in [0.15, 0.2) is 48.5 Å². The molecule has 0 bridgehead atoms. The molecule has 2 saturated heterocycles. The topological polar surface area (TPSA) is 34.6 Å². The molecule has 3 aromatic rings. The predicted octanol–water partition coefficient (Wildman–Crippen LogP) is 6.91. The first-order valence-corrected chi connectivity index (χ1v) is 11.2. The minimum Gasteiger partial charge on any atom is -0.497 e. The van der Waals surface area contributed by atoms with Crippen LogP contribution in [0.4, 0.5) is 26.3 Å². The summed E-state index contributed by atoms with van der Waals surface area (Å²) in [5, 5.41) is 0.0127. The number of methoxy groups -OCH3 is 1. The lowest BCUT2D eigenvalue weighted by Gasteiger charge is -2.33. The van der Waals surface area contributed by atoms with Crippen LogP contribution in [0.1, 0.15) is 54.0 Å². The monoisotopic (exact) mass is 496 g/mol. The van der Waals surface area contributed by atoms with Crippen molar-refractivity contribution in [3.05, 3.63) is 70.9 Å². The van der Waals surface area contributed by atoms with Crippen molar-refractivity contribution < 1.29 is 35.8 Å². The van der Waals surface area contributed by atoms with Crippen molar-refractivity contribution in [2.75, 3.05) is 13.7 Å². The highest BCUT2D eigenvalue weighted by Crippen LogP contribution is 2.49. The van der Waals surface area contributed by atoms with Crippen molar-refractivity contribution in [1.82, 2.24) is 9.88 Å². The van der Waals surface area contributed by atoms with Gasteiger partial charge < -0.3 is 9.47 Å². The van der Waals surface area contributed by atoms with Gasteiger partial charge in [0, 0.05) is 18.0 Å². The van der Waals surface area contributed by atoms with Gasteiger partial charge in [0.05, 0.1) is 18.2 Å². The second kappa shape index (κ2) is 8.67. The molecule has 186 valence electrons. The molecule has 10 heteroatoms. The fourth-order valence-electron chi connectivity index (χ4n) is 5.11. The lowest BCUT2D eigenvalue weighted by Crippen LogP contribution is -2.37. The van der Waals surface area contributed by atoms with Crippen molar-refractivity contribution >= 4 is 10.9 Å². The van der Waals surface area contributed by atoms with Crippen LogP contribution in [0.25, 0.3) is 10.9 Å². The van der Waals surface area contributed by atoms with Crippen LogP contribution in [-0.4, -0.2) is 29.6 Å². The molecule has 2 aromatic carbocycles. The molecule has 3 atom stereocenters. The average Bonchev–Trinajstić information content (AvgIpc) is 3.21. The Bertz CT molecular complexity index is 1230. The minimum atomic E-state index is -4.91. The van der Waals surface area contributed by atoms with E-state index >= 15 is 0 Å². The zero-order valence-corrected chi connectivity index (χ0v) is 18.7. The summed E-state index contributed by atoms with van der Waals surface area (Å²) in [6, 6.07) is 11.1. The van der Waals surface area contributed by atoms with E-state index in [-0.39, 0.29) is 17.0 Å². The molecule has 1 unspecified atom stereocenters. The van der Waals surface area contributed by atoms with E-state index in [9.17, 15) is 26.3 Å². The number of pyridine rings is 1. The Hall–Kier alpha value is -2.85. The molecule has 0 saturated carbocycles. The lowest BCUT2D eigenvalue weighted by molar-refractivity contribution is -0.142. The molecule has 0 radical (unpaired) electrons. The molecule has 2 fully saturated rings. The first-order chi connectivity index (χ1) is 16.6. The van der Waals surface area contributed by atoms with Gasteiger partial charge in [-0.25, -0.2) is 4.98 Å². The van der Waals surface area contributed by atoms with E-state index in [2.05, 4.69) is 9.88 Å². The largest absolute Gasteiger partial charge is 0.497 e. The summed E-state index contributed by atoms with van der Waals surface area (Å²) in [6.45, 7) is 0.667. The van der Waals surface area contributed by atoms with Gasteiger partial charge in [0.2, 0.25) is 0 Å². The SMILES string of the molecule is COc1ccc(C2O[C@@H](c3cc(C(F)(F)F)nc4c(C(F)(F)F)cccc34)[C@H]3CCCCN23)cc1. The van der Waals surface area contributed by atoms with Crippen molar-refractivity contribution in [3.8, 4) is 5.75 Å². The number of hydrogen-bond acceptors (Lipinski definition) is 4. The molecular weight excluding hydrogens is 474 g/mol. The highest BCUT2D eigenvalue weighted by atomic mass is 19.4. The van der Waals surface area contributed by atoms with Gasteiger partial charge in [0.1, 0.15) is 23.8 Å². The third-order valence-electron chi connectivity index (χ3n) is 6.69. The van der Waals surface area contributed by atoms with E-state index < -0.39 is 41.5 Å². The molecule has 2 aliphatic rings. The number of alkyl halides is 6. The fraction of sp³-hybridized carbons (Fsp3) is 0.400. The van der Waals surface area contributed by atoms with Crippen molar-refractivity contribution in [3.63, 3.8) is 0 Å². The molecule has 5 rings (SSSR count). The maximum atomic E-state index is 13.8. The van der Waals surface area contributed by atoms with E-state index in [1.807, 2.05) is 12.1 Å². The lowest BCUT2D eigenvalue weighted by atomic mass is 9.91. The molecule has 35 heavy (non-hydrogen) atoms. The normalized spacial score (nSPS) is 23.5. The van der Waals surface area contributed by atoms with Crippen LogP contribution in [-0.2, 0) is 17.1 Å². The second-order valence-corrected chi connectivity index (χ2v) is 8.78. The molecule has 2 aliphatic heterocycles. The van der Waals surface area contributed by atoms with Crippen LogP contribution in [0, 0.1) is 0 Å². The molecular formula is C25H22F6N2O2. The van der Waals surface area contributed by atoms with Crippen molar-refractivity contribution in [1.29, 1.82) is 0 Å². The van der Waals surface area contributed by atoms with Crippen molar-refractivity contribution in [2.24, 2.45) is 0 Å². The van der Waals surface area contributed by atoms with E-state index in [1.165, 1.54) is 12.1 Å². The summed E-state index contributed by atoms with van der Waals surface area (Å²) in [5.41, 5.74) is -2.42. The summed E-state index contributed by atoms with van der Waals surface area (Å²) < 4.78 is 93.9. The number of piperidine rings is 1. The minimum absolute atomic E-state index is 0.0127. The Labute approximate surface area is 197 Å². The Morgan fingerprint density at radius 2 is 1.71 bits per heavy atom. The smallest absolute Gasteiger partial charge is 0.433 e. The van der Waals surface area contributed by atoms with Gasteiger partial charge in [-0.05, 0) is 48.2 Å². The van der Waals surface area contributed by atoms with Gasteiger partial charge in [-0.15, -0.1) is 0 Å². The Kier molecular flexibility index (Phi) is 5.91. The quantitative estimate of drug-likeness (QED) is 0.369. The first-order valence-electron chi connectivity index (χ1n) is 11.2. The fourth-order valence-corrected chi connectivity index (χ4v) is 5.11. The maximum Gasteiger partial charge on any atom is 0.433 e. The van der Waals surface area contributed by atoms with Gasteiger partial charge in [0.25, 0.3) is 0 Å². The average molecular weight is 496 g/mol. The summed E-state index contributed by atoms with van der Waals surface area (Å²) in [4.78, 5) is 5.50. The highest BCUT2D eigenvalue weighted by molar-refractivity contribution is 5.86. The Balaban J connectivity index is 1.66. The molecule has 0 spiro atoms. The molecule has 3 heterocycles. The third-order valence-corrected chi connectivity index (χ3v) is 6.69. The van der Waals surface area contributed by atoms with Gasteiger partial charge in [-0.1, -0.05) is 30.7 Å². The zero-order valence-electron chi connectivity index (χ0n) is 18.7. The van der Waals surface area contributed by atoms with Crippen molar-refractivity contribution in [2.45, 2.75) is 50.0 Å². The van der Waals surface area contributed by atoms with E-state index in [0.29, 0.717) is 18.7 Å². The van der Waals surface area contributed by atoms with E-state index in [1.54, 1.807) is 19.2 Å². The second-order valence-electron chi connectivity index (χ2n) is 8.78. The van der Waals surface area contributed by atoms with Gasteiger partial charge in [0.15, 0.2) is 0 Å². The highest BCUT2D eigenvalue weighted by Gasteiger charge is 2.46. The van der Waals surface area contributed by atoms with Crippen LogP contribution >= 0.6 is 0 Å². The summed E-state index contributed by atoms with van der Waals surface area (Å²) in [5.74, 6) is 0.646. The van der Waals surface area contributed by atoms with Crippen LogP contribution < -0.4 is 4.74 Å². The number of halogens is 6. The molecule has 0 aliphatic carbocycles. The number of hydrogen-bond donors (Lipinski definition) is 0. The maximum absolute atomic E-state index is 13.8. The third kappa shape index (κ3) is 4.33. The number of benzene rings is 2. The number of fused-ring (bicyclic) bond motifs is 2. The number of nitrogens with zero attached hydrogens (tertiary/aromatic N) is 2.